The van der Waals surface area contributed by atoms with Gasteiger partial charge in [-0.3, -0.25) is 4.79 Å². The van der Waals surface area contributed by atoms with E-state index in [1.165, 1.54) is 0 Å². The summed E-state index contributed by atoms with van der Waals surface area (Å²) in [7, 11) is 0. The van der Waals surface area contributed by atoms with Crippen molar-refractivity contribution < 1.29 is 14.6 Å². The van der Waals surface area contributed by atoms with E-state index < -0.39 is 0 Å². The number of nitrogens with one attached hydrogen (secondary N) is 1. The van der Waals surface area contributed by atoms with Gasteiger partial charge in [-0.25, -0.2) is 0 Å². The fourth-order valence-electron chi connectivity index (χ4n) is 3.31. The summed E-state index contributed by atoms with van der Waals surface area (Å²) in [6, 6.07) is 22.3. The first-order valence-corrected chi connectivity index (χ1v) is 10.4. The normalized spacial score (nSPS) is 11.9. The van der Waals surface area contributed by atoms with Gasteiger partial charge >= 0.3 is 0 Å². The van der Waals surface area contributed by atoms with E-state index in [2.05, 4.69) is 5.32 Å². The number of ether oxygens (including phenoxy) is 1. The molecule has 156 valence electrons. The molecule has 0 aliphatic rings. The Bertz CT molecular complexity index is 971. The lowest BCUT2D eigenvalue weighted by atomic mass is 9.87. The molecule has 0 fully saturated rings. The fourth-order valence-corrected chi connectivity index (χ4v) is 3.49. The van der Waals surface area contributed by atoms with Crippen molar-refractivity contribution in [2.24, 2.45) is 0 Å². The van der Waals surface area contributed by atoms with E-state index in [1.54, 1.807) is 18.2 Å². The molecule has 30 heavy (non-hydrogen) atoms. The summed E-state index contributed by atoms with van der Waals surface area (Å²) in [5.41, 5.74) is 2.57. The third kappa shape index (κ3) is 6.01. The highest BCUT2D eigenvalue weighted by Crippen LogP contribution is 2.35. The van der Waals surface area contributed by atoms with Crippen LogP contribution in [0.4, 0.5) is 0 Å². The van der Waals surface area contributed by atoms with Gasteiger partial charge in [-0.15, -0.1) is 0 Å². The number of benzene rings is 3. The summed E-state index contributed by atoms with van der Waals surface area (Å²) in [6.07, 6.45) is 0.320. The number of amides is 1. The maximum atomic E-state index is 12.7. The molecule has 0 aliphatic carbocycles. The third-order valence-corrected chi connectivity index (χ3v) is 4.98. The summed E-state index contributed by atoms with van der Waals surface area (Å²) < 4.78 is 5.64. The van der Waals surface area contributed by atoms with Gasteiger partial charge in [0.15, 0.2) is 0 Å². The molecule has 0 bridgehead atoms. The number of aromatic hydroxyl groups is 1. The number of phenolic OH excluding ortho intramolecular Hbond substituents is 1. The molecule has 0 spiro atoms. The largest absolute Gasteiger partial charge is 0.508 e. The van der Waals surface area contributed by atoms with Gasteiger partial charge in [-0.1, -0.05) is 54.1 Å². The van der Waals surface area contributed by atoms with Crippen LogP contribution in [0.3, 0.4) is 0 Å². The lowest BCUT2D eigenvalue weighted by Gasteiger charge is -2.19. The van der Waals surface area contributed by atoms with Gasteiger partial charge < -0.3 is 15.2 Å². The van der Waals surface area contributed by atoms with Gasteiger partial charge in [-0.2, -0.15) is 0 Å². The van der Waals surface area contributed by atoms with E-state index in [0.717, 1.165) is 16.9 Å². The Hall–Kier alpha value is -2.98. The Kier molecular flexibility index (Phi) is 7.36. The minimum absolute atomic E-state index is 0.106. The Morgan fingerprint density at radius 2 is 1.73 bits per heavy atom. The fraction of sp³-hybridized carbons (Fsp3) is 0.240. The van der Waals surface area contributed by atoms with Crippen LogP contribution < -0.4 is 10.1 Å². The molecule has 0 heterocycles. The molecule has 3 aromatic rings. The minimum atomic E-state index is -0.299. The molecular weight excluding hydrogens is 398 g/mol. The van der Waals surface area contributed by atoms with Crippen molar-refractivity contribution in [1.29, 1.82) is 0 Å². The molecule has 2 N–H and O–H groups in total. The van der Waals surface area contributed by atoms with Crippen LogP contribution >= 0.6 is 11.6 Å². The highest BCUT2D eigenvalue weighted by atomic mass is 35.5. The number of hydrogen-bond acceptors (Lipinski definition) is 3. The van der Waals surface area contributed by atoms with Crippen molar-refractivity contribution in [2.45, 2.75) is 38.8 Å². The first-order chi connectivity index (χ1) is 14.4. The Morgan fingerprint density at radius 1 is 1.03 bits per heavy atom. The molecule has 4 nitrogen and oxygen atoms in total. The zero-order chi connectivity index (χ0) is 21.5. The summed E-state index contributed by atoms with van der Waals surface area (Å²) in [5.74, 6) is 0.528. The quantitative estimate of drug-likeness (QED) is 0.490. The van der Waals surface area contributed by atoms with Crippen LogP contribution in [0.2, 0.25) is 5.02 Å². The van der Waals surface area contributed by atoms with Crippen LogP contribution in [0.15, 0.2) is 72.8 Å². The average Bonchev–Trinajstić information content (AvgIpc) is 2.73. The summed E-state index contributed by atoms with van der Waals surface area (Å²) >= 11 is 6.15. The second-order valence-electron chi connectivity index (χ2n) is 7.46. The summed E-state index contributed by atoms with van der Waals surface area (Å²) in [5, 5.41) is 13.9. The highest BCUT2D eigenvalue weighted by molar-refractivity contribution is 6.30. The van der Waals surface area contributed by atoms with Crippen LogP contribution in [0, 0.1) is 0 Å². The second-order valence-corrected chi connectivity index (χ2v) is 7.89. The predicted octanol–water partition coefficient (Wildman–Crippen LogP) is 5.67. The number of rotatable bonds is 8. The van der Waals surface area contributed by atoms with Gasteiger partial charge in [-0.05, 0) is 55.3 Å². The van der Waals surface area contributed by atoms with E-state index in [0.29, 0.717) is 17.1 Å². The van der Waals surface area contributed by atoms with Gasteiger partial charge in [0.2, 0.25) is 5.91 Å². The van der Waals surface area contributed by atoms with Crippen LogP contribution in [0.5, 0.6) is 11.5 Å². The minimum Gasteiger partial charge on any atom is -0.508 e. The Labute approximate surface area is 182 Å². The maximum Gasteiger partial charge on any atom is 0.221 e. The molecule has 1 atom stereocenters. The Balaban J connectivity index is 1.70. The Morgan fingerprint density at radius 3 is 2.40 bits per heavy atom. The number of carbonyl (C=O) groups excluding carboxylic acids is 1. The molecule has 3 aromatic carbocycles. The first kappa shape index (κ1) is 21.7. The van der Waals surface area contributed by atoms with E-state index in [-0.39, 0.29) is 30.1 Å². The standard InChI is InChI=1S/C25H26ClNO3/c1-17(2)30-21-11-8-18(9-12-21)16-27-25(29)15-22(19-6-4-3-5-7-19)23-14-20(26)10-13-24(23)28/h3-14,17,22,28H,15-16H2,1-2H3,(H,27,29)/t22-/m1/s1. The van der Waals surface area contributed by atoms with Crippen molar-refractivity contribution in [1.82, 2.24) is 5.32 Å². The summed E-state index contributed by atoms with van der Waals surface area (Å²) in [4.78, 5) is 12.7. The van der Waals surface area contributed by atoms with E-state index >= 15 is 0 Å². The molecule has 0 saturated carbocycles. The van der Waals surface area contributed by atoms with Crippen molar-refractivity contribution in [2.75, 3.05) is 0 Å². The molecule has 0 radical (unpaired) electrons. The number of halogens is 1. The SMILES string of the molecule is CC(C)Oc1ccc(CNC(=O)C[C@H](c2ccccc2)c2cc(Cl)ccc2O)cc1. The zero-order valence-electron chi connectivity index (χ0n) is 17.1. The molecule has 0 saturated heterocycles. The lowest BCUT2D eigenvalue weighted by Crippen LogP contribution is -2.25. The molecule has 5 heteroatoms. The van der Waals surface area contributed by atoms with Crippen molar-refractivity contribution in [3.63, 3.8) is 0 Å². The number of carbonyl (C=O) groups is 1. The zero-order valence-corrected chi connectivity index (χ0v) is 17.9. The van der Waals surface area contributed by atoms with Gasteiger partial charge in [0, 0.05) is 29.5 Å². The van der Waals surface area contributed by atoms with Crippen molar-refractivity contribution in [3.8, 4) is 11.5 Å². The molecule has 3 rings (SSSR count). The average molecular weight is 424 g/mol. The van der Waals surface area contributed by atoms with Crippen molar-refractivity contribution in [3.05, 3.63) is 94.5 Å². The molecule has 1 amide bonds. The monoisotopic (exact) mass is 423 g/mol. The number of phenols is 1. The van der Waals surface area contributed by atoms with Crippen LogP contribution in [-0.2, 0) is 11.3 Å². The predicted molar refractivity (Wildman–Crippen MR) is 120 cm³/mol. The van der Waals surface area contributed by atoms with Crippen molar-refractivity contribution >= 4 is 17.5 Å². The summed E-state index contributed by atoms with van der Waals surface area (Å²) in [6.45, 7) is 4.38. The lowest BCUT2D eigenvalue weighted by molar-refractivity contribution is -0.121. The van der Waals surface area contributed by atoms with Crippen LogP contribution in [-0.4, -0.2) is 17.1 Å². The maximum absolute atomic E-state index is 12.7. The van der Waals surface area contributed by atoms with E-state index in [1.807, 2.05) is 68.4 Å². The van der Waals surface area contributed by atoms with Gasteiger partial charge in [0.05, 0.1) is 6.10 Å². The molecule has 0 aliphatic heterocycles. The van der Waals surface area contributed by atoms with E-state index in [4.69, 9.17) is 16.3 Å². The molecular formula is C25H26ClNO3. The van der Waals surface area contributed by atoms with Gasteiger partial charge in [0.1, 0.15) is 11.5 Å². The van der Waals surface area contributed by atoms with E-state index in [9.17, 15) is 9.90 Å². The molecule has 0 unspecified atom stereocenters. The first-order valence-electron chi connectivity index (χ1n) is 9.98. The topological polar surface area (TPSA) is 58.6 Å². The van der Waals surface area contributed by atoms with Crippen LogP contribution in [0.1, 0.15) is 42.9 Å². The highest BCUT2D eigenvalue weighted by Gasteiger charge is 2.21. The third-order valence-electron chi connectivity index (χ3n) is 4.74. The van der Waals surface area contributed by atoms with Crippen LogP contribution in [0.25, 0.3) is 0 Å². The van der Waals surface area contributed by atoms with Gasteiger partial charge in [0.25, 0.3) is 0 Å². The second kappa shape index (κ2) is 10.2. The smallest absolute Gasteiger partial charge is 0.221 e. The number of hydrogen-bond donors (Lipinski definition) is 2. The molecule has 0 aromatic heterocycles.